The van der Waals surface area contributed by atoms with E-state index < -0.39 is 9.06 Å². The van der Waals surface area contributed by atoms with Gasteiger partial charge in [-0.1, -0.05) is 22.3 Å². The lowest BCUT2D eigenvalue weighted by Gasteiger charge is -2.04. The predicted octanol–water partition coefficient (Wildman–Crippen LogP) is 1.85. The van der Waals surface area contributed by atoms with Crippen LogP contribution in [0.1, 0.15) is 0 Å². The van der Waals surface area contributed by atoms with Crippen molar-refractivity contribution in [3.63, 3.8) is 0 Å². The first-order valence-electron chi connectivity index (χ1n) is 2.80. The molecule has 0 saturated carbocycles. The molecule has 1 unspecified atom stereocenters. The monoisotopic (exact) mass is 193 g/mol. The average Bonchev–Trinajstić information content (AvgIpc) is 2.45. The molecule has 0 bridgehead atoms. The highest BCUT2D eigenvalue weighted by Crippen LogP contribution is 2.80. The van der Waals surface area contributed by atoms with E-state index in [0.717, 1.165) is 0 Å². The maximum atomic E-state index is 10.7. The van der Waals surface area contributed by atoms with Gasteiger partial charge in [0.25, 0.3) is 5.56 Å². The first kappa shape index (κ1) is 6.82. The van der Waals surface area contributed by atoms with Gasteiger partial charge < -0.3 is 0 Å². The number of aromatic amines is 1. The van der Waals surface area contributed by atoms with Crippen LogP contribution in [0, 0.1) is 0 Å². The number of H-pyrrole nitrogens is 1. The Morgan fingerprint density at radius 1 is 1.80 bits per heavy atom. The van der Waals surface area contributed by atoms with Crippen LogP contribution in [0.2, 0.25) is 0 Å². The first-order chi connectivity index (χ1) is 4.71. The third-order valence-corrected chi connectivity index (χ3v) is 8.97. The molecule has 1 fully saturated rings. The molecule has 56 valence electrons. The van der Waals surface area contributed by atoms with Gasteiger partial charge in [0.05, 0.1) is 4.21 Å². The van der Waals surface area contributed by atoms with E-state index in [4.69, 9.17) is 0 Å². The fourth-order valence-electron chi connectivity index (χ4n) is 0.668. The minimum absolute atomic E-state index is 0.0567. The quantitative estimate of drug-likeness (QED) is 0.545. The summed E-state index contributed by atoms with van der Waals surface area (Å²) in [7, 11) is 1.44. The Morgan fingerprint density at radius 2 is 2.50 bits per heavy atom. The van der Waals surface area contributed by atoms with Crippen molar-refractivity contribution in [1.29, 1.82) is 0 Å². The molecule has 1 N–H and O–H groups in total. The standard InChI is InChI=1S/C5H7NOS3/c1-10(3-8-10)5-2-4(7)6-9-5/h2H,3H2,1H3,(H,6,7). The van der Waals surface area contributed by atoms with Gasteiger partial charge >= 0.3 is 0 Å². The lowest BCUT2D eigenvalue weighted by molar-refractivity contribution is 1.42. The molecule has 1 aromatic heterocycles. The summed E-state index contributed by atoms with van der Waals surface area (Å²) in [4.78, 5) is 10.7. The molecule has 0 radical (unpaired) electrons. The van der Waals surface area contributed by atoms with Crippen molar-refractivity contribution in [1.82, 2.24) is 4.37 Å². The van der Waals surface area contributed by atoms with Crippen molar-refractivity contribution in [3.05, 3.63) is 16.4 Å². The fraction of sp³-hybridized carbons (Fsp3) is 0.400. The molecule has 0 aromatic carbocycles. The van der Waals surface area contributed by atoms with Crippen molar-refractivity contribution >= 4 is 31.4 Å². The smallest absolute Gasteiger partial charge is 0.259 e. The van der Waals surface area contributed by atoms with Crippen LogP contribution in [-0.2, 0) is 0 Å². The highest BCUT2D eigenvalue weighted by atomic mass is 33.2. The van der Waals surface area contributed by atoms with Gasteiger partial charge in [-0.05, 0) is 6.26 Å². The summed E-state index contributed by atoms with van der Waals surface area (Å²) in [6, 6.07) is 1.74. The number of rotatable bonds is 1. The van der Waals surface area contributed by atoms with Gasteiger partial charge in [0.15, 0.2) is 0 Å². The van der Waals surface area contributed by atoms with E-state index in [1.54, 1.807) is 6.07 Å². The van der Waals surface area contributed by atoms with Crippen molar-refractivity contribution in [2.45, 2.75) is 4.21 Å². The predicted molar refractivity (Wildman–Crippen MR) is 49.2 cm³/mol. The SMILES string of the molecule is CS1(c2cc(=O)[nH]s2)CS1. The summed E-state index contributed by atoms with van der Waals surface area (Å²) in [6.45, 7) is 0. The highest BCUT2D eigenvalue weighted by molar-refractivity contribution is 9.08. The summed E-state index contributed by atoms with van der Waals surface area (Å²) < 4.78 is 3.97. The molecule has 5 heteroatoms. The van der Waals surface area contributed by atoms with Crippen LogP contribution in [0.5, 0.6) is 0 Å². The fourth-order valence-corrected chi connectivity index (χ4v) is 6.40. The summed E-state index contributed by atoms with van der Waals surface area (Å²) in [5.74, 6) is 0. The zero-order valence-electron chi connectivity index (χ0n) is 5.42. The molecular formula is C5H7NOS3. The van der Waals surface area contributed by atoms with Gasteiger partial charge in [-0.2, -0.15) is 0 Å². The molecule has 1 aliphatic rings. The van der Waals surface area contributed by atoms with Gasteiger partial charge in [0.2, 0.25) is 0 Å². The van der Waals surface area contributed by atoms with E-state index >= 15 is 0 Å². The second kappa shape index (κ2) is 2.06. The van der Waals surface area contributed by atoms with Crippen molar-refractivity contribution in [2.24, 2.45) is 0 Å². The average molecular weight is 193 g/mol. The molecule has 2 rings (SSSR count). The molecule has 1 aliphatic heterocycles. The van der Waals surface area contributed by atoms with Crippen molar-refractivity contribution in [3.8, 4) is 0 Å². The van der Waals surface area contributed by atoms with E-state index in [0.29, 0.717) is 0 Å². The van der Waals surface area contributed by atoms with Crippen LogP contribution in [0.3, 0.4) is 0 Å². The van der Waals surface area contributed by atoms with Crippen LogP contribution in [0.25, 0.3) is 0 Å². The molecule has 0 aliphatic carbocycles. The summed E-state index contributed by atoms with van der Waals surface area (Å²) in [5.41, 5.74) is 0.0567. The Kier molecular flexibility index (Phi) is 1.40. The summed E-state index contributed by atoms with van der Waals surface area (Å²) in [5, 5.41) is 1.24. The molecule has 2 heterocycles. The van der Waals surface area contributed by atoms with Gasteiger partial charge in [0, 0.05) is 11.2 Å². The highest BCUT2D eigenvalue weighted by Gasteiger charge is 2.36. The van der Waals surface area contributed by atoms with Gasteiger partial charge in [-0.3, -0.25) is 9.17 Å². The zero-order valence-corrected chi connectivity index (χ0v) is 7.87. The van der Waals surface area contributed by atoms with Gasteiger partial charge in [-0.25, -0.2) is 0 Å². The minimum atomic E-state index is -0.528. The topological polar surface area (TPSA) is 32.9 Å². The molecule has 0 spiro atoms. The molecule has 10 heavy (non-hydrogen) atoms. The third-order valence-electron chi connectivity index (χ3n) is 1.40. The second-order valence-electron chi connectivity index (χ2n) is 2.27. The lowest BCUT2D eigenvalue weighted by atomic mass is 10.8. The van der Waals surface area contributed by atoms with Crippen LogP contribution in [0.15, 0.2) is 15.1 Å². The molecule has 0 amide bonds. The van der Waals surface area contributed by atoms with Crippen molar-refractivity contribution in [2.75, 3.05) is 11.3 Å². The maximum absolute atomic E-state index is 10.7. The normalized spacial score (nSPS) is 36.9. The van der Waals surface area contributed by atoms with Crippen molar-refractivity contribution < 1.29 is 0 Å². The Hall–Kier alpha value is 0.130. The molecular weight excluding hydrogens is 186 g/mol. The van der Waals surface area contributed by atoms with E-state index in [1.165, 1.54) is 20.8 Å². The van der Waals surface area contributed by atoms with E-state index in [-0.39, 0.29) is 5.56 Å². The van der Waals surface area contributed by atoms with Crippen LogP contribution >= 0.6 is 31.4 Å². The Balaban J connectivity index is 2.43. The number of aromatic nitrogens is 1. The van der Waals surface area contributed by atoms with E-state index in [2.05, 4.69) is 10.6 Å². The van der Waals surface area contributed by atoms with Gasteiger partial charge in [0.1, 0.15) is 0 Å². The van der Waals surface area contributed by atoms with Crippen LogP contribution in [0.4, 0.5) is 0 Å². The largest absolute Gasteiger partial charge is 0.277 e. The maximum Gasteiger partial charge on any atom is 0.259 e. The number of hydrogen-bond acceptors (Lipinski definition) is 3. The lowest BCUT2D eigenvalue weighted by Crippen LogP contribution is -1.92. The van der Waals surface area contributed by atoms with Crippen LogP contribution < -0.4 is 5.56 Å². The van der Waals surface area contributed by atoms with Gasteiger partial charge in [-0.15, -0.1) is 9.06 Å². The number of nitrogens with one attached hydrogen (secondary N) is 1. The molecule has 1 saturated heterocycles. The zero-order chi connectivity index (χ0) is 7.19. The third kappa shape index (κ3) is 1.02. The Bertz CT molecular complexity index is 298. The summed E-state index contributed by atoms with van der Waals surface area (Å²) in [6.07, 6.45) is 2.25. The molecule has 1 atom stereocenters. The van der Waals surface area contributed by atoms with E-state index in [1.807, 2.05) is 10.8 Å². The molecule has 2 nitrogen and oxygen atoms in total. The van der Waals surface area contributed by atoms with Crippen LogP contribution in [-0.4, -0.2) is 15.7 Å². The Labute approximate surface area is 67.9 Å². The number of hydrogen-bond donors (Lipinski definition) is 1. The Morgan fingerprint density at radius 3 is 2.90 bits per heavy atom. The minimum Gasteiger partial charge on any atom is -0.277 e. The first-order valence-corrected chi connectivity index (χ1v) is 7.33. The summed E-state index contributed by atoms with van der Waals surface area (Å²) >= 11 is 1.50. The molecule has 1 aromatic rings. The second-order valence-corrected chi connectivity index (χ2v) is 9.92. The van der Waals surface area contributed by atoms with E-state index in [9.17, 15) is 4.79 Å².